The lowest BCUT2D eigenvalue weighted by molar-refractivity contribution is 0.505. The molecule has 0 saturated heterocycles. The molecule has 0 bridgehead atoms. The first-order valence-electron chi connectivity index (χ1n) is 5.82. The Kier molecular flexibility index (Phi) is 33.8. The second kappa shape index (κ2) is 24.7. The van der Waals surface area contributed by atoms with Gasteiger partial charge in [-0.15, -0.1) is 0 Å². The van der Waals surface area contributed by atoms with Gasteiger partial charge in [0.2, 0.25) is 7.58 Å². The third-order valence-electron chi connectivity index (χ3n) is 1.24. The molecular weight excluding hydrogens is 243 g/mol. The van der Waals surface area contributed by atoms with Crippen LogP contribution in [0.1, 0.15) is 34.6 Å². The van der Waals surface area contributed by atoms with E-state index in [-0.39, 0.29) is 0 Å². The van der Waals surface area contributed by atoms with Gasteiger partial charge in [0, 0.05) is 0 Å². The molecular formula is C10H29N2O2PS. The Labute approximate surface area is 106 Å². The van der Waals surface area contributed by atoms with Crippen LogP contribution in [0.3, 0.4) is 0 Å². The topological polar surface area (TPSA) is 64.5 Å². The standard InChI is InChI=1S/2C4H11N.C2H7O2PS/c2*1-3-5-4-2;1-2-6-5(3)4/h2*5H,3-4H2,1-2H3;3-4H,2H2,1H3. The molecule has 0 aliphatic carbocycles. The summed E-state index contributed by atoms with van der Waals surface area (Å²) in [7, 11) is -1.68. The molecule has 0 aliphatic rings. The van der Waals surface area contributed by atoms with Crippen molar-refractivity contribution in [2.75, 3.05) is 31.9 Å². The van der Waals surface area contributed by atoms with Crippen molar-refractivity contribution in [3.8, 4) is 0 Å². The van der Waals surface area contributed by atoms with Crippen molar-refractivity contribution >= 4 is 19.0 Å². The highest BCUT2D eigenvalue weighted by atomic mass is 32.7. The van der Waals surface area contributed by atoms with E-state index in [0.717, 1.165) is 43.3 Å². The second-order valence-corrected chi connectivity index (χ2v) is 5.68. The molecule has 0 amide bonds. The van der Waals surface area contributed by atoms with E-state index in [4.69, 9.17) is 9.79 Å². The van der Waals surface area contributed by atoms with Gasteiger partial charge in [-0.25, -0.2) is 0 Å². The van der Waals surface area contributed by atoms with E-state index in [9.17, 15) is 0 Å². The van der Waals surface area contributed by atoms with Crippen LogP contribution in [0.5, 0.6) is 0 Å². The van der Waals surface area contributed by atoms with Crippen molar-refractivity contribution in [2.24, 2.45) is 0 Å². The zero-order valence-electron chi connectivity index (χ0n) is 11.3. The predicted octanol–water partition coefficient (Wildman–Crippen LogP) is 2.18. The average molecular weight is 272 g/mol. The Morgan fingerprint density at radius 1 is 0.812 bits per heavy atom. The molecule has 0 fully saturated rings. The molecule has 0 rings (SSSR count). The maximum atomic E-state index is 8.14. The molecule has 4 N–H and O–H groups in total. The van der Waals surface area contributed by atoms with E-state index in [1.807, 2.05) is 6.92 Å². The Morgan fingerprint density at radius 3 is 1.12 bits per heavy atom. The van der Waals surface area contributed by atoms with Crippen LogP contribution in [0.15, 0.2) is 0 Å². The molecule has 0 spiro atoms. The van der Waals surface area contributed by atoms with E-state index in [1.54, 1.807) is 0 Å². The van der Waals surface area contributed by atoms with Gasteiger partial charge < -0.3 is 20.4 Å². The molecule has 4 nitrogen and oxygen atoms in total. The maximum absolute atomic E-state index is 8.14. The third-order valence-corrected chi connectivity index (χ3v) is 3.20. The Hall–Kier alpha value is 0.620. The molecule has 6 heteroatoms. The number of hydrogen-bond acceptors (Lipinski definition) is 5. The first kappa shape index (κ1) is 21.9. The summed E-state index contributed by atoms with van der Waals surface area (Å²) in [5, 5.41) is 6.22. The van der Waals surface area contributed by atoms with Crippen molar-refractivity contribution in [2.45, 2.75) is 34.6 Å². The minimum Gasteiger partial charge on any atom is -0.342 e. The first-order valence-corrected chi connectivity index (χ1v) is 8.66. The van der Waals surface area contributed by atoms with E-state index < -0.39 is 7.58 Å². The molecule has 0 aromatic heterocycles. The highest BCUT2D eigenvalue weighted by Gasteiger charge is 1.91. The van der Waals surface area contributed by atoms with Crippen LogP contribution in [0.4, 0.5) is 0 Å². The summed E-state index contributed by atoms with van der Waals surface area (Å²) in [6.45, 7) is 14.7. The number of hydrogen-bond donors (Lipinski definition) is 4. The lowest BCUT2D eigenvalue weighted by atomic mass is 10.7. The molecule has 0 radical (unpaired) electrons. The molecule has 0 aliphatic heterocycles. The van der Waals surface area contributed by atoms with Crippen molar-refractivity contribution in [3.05, 3.63) is 0 Å². The fourth-order valence-corrected chi connectivity index (χ4v) is 1.54. The predicted molar refractivity (Wildman–Crippen MR) is 77.9 cm³/mol. The van der Waals surface area contributed by atoms with Gasteiger partial charge in [-0.1, -0.05) is 46.0 Å². The van der Waals surface area contributed by atoms with Crippen molar-refractivity contribution < 1.29 is 9.79 Å². The third kappa shape index (κ3) is 46.7. The normalized spacial score (nSPS) is 9.00. The highest BCUT2D eigenvalue weighted by molar-refractivity contribution is 8.52. The average Bonchev–Trinajstić information content (AvgIpc) is 2.21. The van der Waals surface area contributed by atoms with E-state index >= 15 is 0 Å². The van der Waals surface area contributed by atoms with E-state index in [2.05, 4.69) is 38.3 Å². The largest absolute Gasteiger partial charge is 0.342 e. The fourth-order valence-electron chi connectivity index (χ4n) is 0.615. The molecule has 102 valence electrons. The molecule has 16 heavy (non-hydrogen) atoms. The zero-order valence-corrected chi connectivity index (χ0v) is 13.0. The summed E-state index contributed by atoms with van der Waals surface area (Å²) in [6.07, 6.45) is 0. The summed E-state index contributed by atoms with van der Waals surface area (Å²) in [5.74, 6) is 0.776. The van der Waals surface area contributed by atoms with E-state index in [0.29, 0.717) is 0 Å². The molecule has 0 saturated carbocycles. The fraction of sp³-hybridized carbons (Fsp3) is 1.00. The van der Waals surface area contributed by atoms with Crippen molar-refractivity contribution in [3.63, 3.8) is 0 Å². The van der Waals surface area contributed by atoms with Crippen LogP contribution in [-0.2, 0) is 0 Å². The summed E-state index contributed by atoms with van der Waals surface area (Å²) in [5.41, 5.74) is 0. The van der Waals surface area contributed by atoms with Crippen LogP contribution in [0.25, 0.3) is 0 Å². The van der Waals surface area contributed by atoms with Gasteiger partial charge in [0.25, 0.3) is 0 Å². The lowest BCUT2D eigenvalue weighted by Gasteiger charge is -1.92. The molecule has 0 unspecified atom stereocenters. The van der Waals surface area contributed by atoms with Gasteiger partial charge >= 0.3 is 0 Å². The maximum Gasteiger partial charge on any atom is 0.232 e. The van der Waals surface area contributed by atoms with Gasteiger partial charge in [-0.05, 0) is 31.9 Å². The molecule has 0 aromatic rings. The summed E-state index contributed by atoms with van der Waals surface area (Å²) >= 11 is 1.16. The zero-order chi connectivity index (χ0) is 13.2. The SMILES string of the molecule is CCNCC.CCNCC.CCSP(O)O. The smallest absolute Gasteiger partial charge is 0.232 e. The van der Waals surface area contributed by atoms with Gasteiger partial charge in [0.15, 0.2) is 0 Å². The van der Waals surface area contributed by atoms with Gasteiger partial charge in [0.1, 0.15) is 0 Å². The van der Waals surface area contributed by atoms with Gasteiger partial charge in [-0.2, -0.15) is 0 Å². The summed E-state index contributed by atoms with van der Waals surface area (Å²) in [6, 6.07) is 0. The minimum atomic E-state index is -1.68. The van der Waals surface area contributed by atoms with E-state index in [1.165, 1.54) is 0 Å². The Balaban J connectivity index is -0.000000160. The second-order valence-electron chi connectivity index (χ2n) is 2.58. The quantitative estimate of drug-likeness (QED) is 0.558. The minimum absolute atomic E-state index is 0.776. The van der Waals surface area contributed by atoms with Crippen molar-refractivity contribution in [1.82, 2.24) is 10.6 Å². The van der Waals surface area contributed by atoms with Gasteiger partial charge in [0.05, 0.1) is 0 Å². The van der Waals surface area contributed by atoms with Crippen LogP contribution >= 0.6 is 19.0 Å². The molecule has 0 aromatic carbocycles. The number of rotatable bonds is 6. The number of nitrogens with one attached hydrogen (secondary N) is 2. The van der Waals surface area contributed by atoms with Crippen LogP contribution in [0, 0.1) is 0 Å². The molecule has 0 atom stereocenters. The molecule has 0 heterocycles. The van der Waals surface area contributed by atoms with Crippen LogP contribution in [0.2, 0.25) is 0 Å². The lowest BCUT2D eigenvalue weighted by Crippen LogP contribution is -2.09. The Morgan fingerprint density at radius 2 is 1.12 bits per heavy atom. The van der Waals surface area contributed by atoms with Crippen LogP contribution < -0.4 is 10.6 Å². The van der Waals surface area contributed by atoms with Crippen molar-refractivity contribution in [1.29, 1.82) is 0 Å². The van der Waals surface area contributed by atoms with Gasteiger partial charge in [-0.3, -0.25) is 0 Å². The summed E-state index contributed by atoms with van der Waals surface area (Å²) in [4.78, 5) is 16.3. The highest BCUT2D eigenvalue weighted by Crippen LogP contribution is 2.39. The monoisotopic (exact) mass is 272 g/mol. The van der Waals surface area contributed by atoms with Crippen LogP contribution in [-0.4, -0.2) is 41.7 Å². The summed E-state index contributed by atoms with van der Waals surface area (Å²) < 4.78 is 0. The Bertz CT molecular complexity index is 90.9. The first-order chi connectivity index (χ1) is 7.60.